The number of pyridine rings is 1. The average Bonchev–Trinajstić information content (AvgIpc) is 2.85. The minimum Gasteiger partial charge on any atom is -0.356 e. The van der Waals surface area contributed by atoms with Crippen LogP contribution in [0.2, 0.25) is 0 Å². The molecule has 0 aromatic carbocycles. The van der Waals surface area contributed by atoms with E-state index in [1.165, 1.54) is 6.07 Å². The molecule has 6 heteroatoms. The van der Waals surface area contributed by atoms with Gasteiger partial charge < -0.3 is 15.3 Å². The fourth-order valence-corrected chi connectivity index (χ4v) is 2.93. The molecule has 3 rings (SSSR count). The van der Waals surface area contributed by atoms with E-state index in [-0.39, 0.29) is 17.5 Å². The second kappa shape index (κ2) is 5.28. The Bertz CT molecular complexity index is 704. The molecule has 0 spiro atoms. The van der Waals surface area contributed by atoms with Gasteiger partial charge in [-0.2, -0.15) is 0 Å². The van der Waals surface area contributed by atoms with Crippen LogP contribution in [0.4, 0.5) is 0 Å². The second-order valence-corrected chi connectivity index (χ2v) is 5.82. The van der Waals surface area contributed by atoms with E-state index in [0.29, 0.717) is 5.69 Å². The molecule has 0 saturated heterocycles. The Morgan fingerprint density at radius 1 is 1.40 bits per heavy atom. The van der Waals surface area contributed by atoms with Gasteiger partial charge in [0.15, 0.2) is 0 Å². The zero-order chi connectivity index (χ0) is 14.1. The molecule has 0 bridgehead atoms. The summed E-state index contributed by atoms with van der Waals surface area (Å²) in [5.74, 6) is -0.139. The number of aryl methyl sites for hydroxylation is 1. The molecule has 2 heterocycles. The monoisotopic (exact) mass is 335 g/mol. The summed E-state index contributed by atoms with van der Waals surface area (Å²) in [4.78, 5) is 29.3. The van der Waals surface area contributed by atoms with Gasteiger partial charge in [-0.25, -0.2) is 0 Å². The van der Waals surface area contributed by atoms with Crippen LogP contribution >= 0.6 is 15.9 Å². The van der Waals surface area contributed by atoms with Gasteiger partial charge >= 0.3 is 0 Å². The van der Waals surface area contributed by atoms with Crippen LogP contribution in [0.15, 0.2) is 33.7 Å². The predicted molar refractivity (Wildman–Crippen MR) is 78.7 cm³/mol. The van der Waals surface area contributed by atoms with Crippen molar-refractivity contribution in [2.45, 2.75) is 25.3 Å². The number of H-pyrrole nitrogens is 2. The number of carbonyl (C=O) groups is 1. The number of fused-ring (bicyclic) bond motifs is 1. The number of aromatic amines is 2. The lowest BCUT2D eigenvalue weighted by atomic mass is 9.91. The van der Waals surface area contributed by atoms with Crippen LogP contribution in [0.5, 0.6) is 0 Å². The van der Waals surface area contributed by atoms with Gasteiger partial charge in [-0.3, -0.25) is 9.59 Å². The molecule has 2 aromatic rings. The topological polar surface area (TPSA) is 77.8 Å². The molecule has 2 aromatic heterocycles. The Morgan fingerprint density at radius 2 is 2.25 bits per heavy atom. The smallest absolute Gasteiger partial charge is 0.268 e. The molecule has 0 fully saturated rings. The van der Waals surface area contributed by atoms with Crippen LogP contribution in [-0.2, 0) is 6.42 Å². The molecular formula is C14H14BrN3O2. The Morgan fingerprint density at radius 3 is 3.00 bits per heavy atom. The van der Waals surface area contributed by atoms with Crippen molar-refractivity contribution >= 4 is 21.8 Å². The highest BCUT2D eigenvalue weighted by Gasteiger charge is 2.23. The fourth-order valence-electron chi connectivity index (χ4n) is 2.59. The van der Waals surface area contributed by atoms with E-state index < -0.39 is 0 Å². The van der Waals surface area contributed by atoms with E-state index in [9.17, 15) is 9.59 Å². The Labute approximate surface area is 123 Å². The van der Waals surface area contributed by atoms with Crippen LogP contribution in [0.1, 0.15) is 40.6 Å². The Hall–Kier alpha value is -1.82. The summed E-state index contributed by atoms with van der Waals surface area (Å²) in [7, 11) is 0. The highest BCUT2D eigenvalue weighted by Crippen LogP contribution is 2.27. The van der Waals surface area contributed by atoms with Gasteiger partial charge in [-0.05, 0) is 52.9 Å². The number of halogens is 1. The van der Waals surface area contributed by atoms with Crippen molar-refractivity contribution in [1.82, 2.24) is 15.3 Å². The highest BCUT2D eigenvalue weighted by atomic mass is 79.9. The molecule has 3 N–H and O–H groups in total. The molecule has 104 valence electrons. The lowest BCUT2D eigenvalue weighted by Crippen LogP contribution is -2.32. The van der Waals surface area contributed by atoms with Crippen molar-refractivity contribution in [1.29, 1.82) is 0 Å². The third-order valence-corrected chi connectivity index (χ3v) is 3.99. The Kier molecular flexibility index (Phi) is 3.48. The maximum absolute atomic E-state index is 12.2. The van der Waals surface area contributed by atoms with Crippen LogP contribution in [0.25, 0.3) is 0 Å². The first-order valence-electron chi connectivity index (χ1n) is 6.50. The SMILES string of the molecule is O=C(NC1CCCc2[nH]c(=O)ccc21)c1cc(Br)c[nH]1. The number of amides is 1. The minimum atomic E-state index is -0.139. The lowest BCUT2D eigenvalue weighted by Gasteiger charge is -2.25. The maximum Gasteiger partial charge on any atom is 0.268 e. The summed E-state index contributed by atoms with van der Waals surface area (Å²) in [6, 6.07) is 5.01. The van der Waals surface area contributed by atoms with Crippen molar-refractivity contribution < 1.29 is 4.79 Å². The van der Waals surface area contributed by atoms with Crippen molar-refractivity contribution in [3.63, 3.8) is 0 Å². The molecule has 0 aliphatic heterocycles. The van der Waals surface area contributed by atoms with E-state index >= 15 is 0 Å². The van der Waals surface area contributed by atoms with E-state index in [2.05, 4.69) is 31.2 Å². The van der Waals surface area contributed by atoms with Gasteiger partial charge in [0.1, 0.15) is 5.69 Å². The van der Waals surface area contributed by atoms with Gasteiger partial charge in [-0.15, -0.1) is 0 Å². The first-order chi connectivity index (χ1) is 9.63. The fraction of sp³-hybridized carbons (Fsp3) is 0.286. The standard InChI is InChI=1S/C14H14BrN3O2/c15-8-6-12(16-7-8)14(20)18-11-3-1-2-10-9(11)4-5-13(19)17-10/h4-7,11,16H,1-3H2,(H,17,19)(H,18,20). The Balaban J connectivity index is 1.83. The van der Waals surface area contributed by atoms with E-state index in [1.54, 1.807) is 12.3 Å². The number of nitrogens with one attached hydrogen (secondary N) is 3. The number of aromatic nitrogens is 2. The first-order valence-corrected chi connectivity index (χ1v) is 7.29. The van der Waals surface area contributed by atoms with Gasteiger partial charge in [0.2, 0.25) is 5.56 Å². The molecule has 1 amide bonds. The molecule has 0 radical (unpaired) electrons. The summed E-state index contributed by atoms with van der Waals surface area (Å²) in [6.45, 7) is 0. The van der Waals surface area contributed by atoms with Crippen molar-refractivity contribution in [2.75, 3.05) is 0 Å². The maximum atomic E-state index is 12.2. The van der Waals surface area contributed by atoms with Crippen molar-refractivity contribution in [3.8, 4) is 0 Å². The number of carbonyl (C=O) groups excluding carboxylic acids is 1. The molecule has 1 aliphatic rings. The van der Waals surface area contributed by atoms with Crippen molar-refractivity contribution in [3.05, 3.63) is 56.2 Å². The molecule has 1 unspecified atom stereocenters. The summed E-state index contributed by atoms with van der Waals surface area (Å²) in [5.41, 5.74) is 2.37. The van der Waals surface area contributed by atoms with Gasteiger partial charge in [0, 0.05) is 22.4 Å². The van der Waals surface area contributed by atoms with Crippen LogP contribution < -0.4 is 10.9 Å². The quantitative estimate of drug-likeness (QED) is 0.787. The molecule has 1 atom stereocenters. The lowest BCUT2D eigenvalue weighted by molar-refractivity contribution is 0.0928. The predicted octanol–water partition coefficient (Wildman–Crippen LogP) is 2.27. The summed E-state index contributed by atoms with van der Waals surface area (Å²) in [6.07, 6.45) is 4.41. The van der Waals surface area contributed by atoms with Crippen LogP contribution in [-0.4, -0.2) is 15.9 Å². The molecule has 0 saturated carbocycles. The van der Waals surface area contributed by atoms with Crippen molar-refractivity contribution in [2.24, 2.45) is 0 Å². The van der Waals surface area contributed by atoms with E-state index in [4.69, 9.17) is 0 Å². The number of rotatable bonds is 2. The normalized spacial score (nSPS) is 17.6. The molecular weight excluding hydrogens is 322 g/mol. The second-order valence-electron chi connectivity index (χ2n) is 4.91. The van der Waals surface area contributed by atoms with Gasteiger partial charge in [0.25, 0.3) is 5.91 Å². The van der Waals surface area contributed by atoms with Crippen LogP contribution in [0.3, 0.4) is 0 Å². The summed E-state index contributed by atoms with van der Waals surface area (Å²) >= 11 is 3.31. The minimum absolute atomic E-state index is 0.0508. The zero-order valence-electron chi connectivity index (χ0n) is 10.7. The van der Waals surface area contributed by atoms with Crippen LogP contribution in [0, 0.1) is 0 Å². The first kappa shape index (κ1) is 13.2. The largest absolute Gasteiger partial charge is 0.356 e. The summed E-state index contributed by atoms with van der Waals surface area (Å²) in [5, 5.41) is 3.01. The zero-order valence-corrected chi connectivity index (χ0v) is 12.3. The number of hydrogen-bond donors (Lipinski definition) is 3. The molecule has 5 nitrogen and oxygen atoms in total. The molecule has 20 heavy (non-hydrogen) atoms. The van der Waals surface area contributed by atoms with E-state index in [1.807, 2.05) is 6.07 Å². The highest BCUT2D eigenvalue weighted by molar-refractivity contribution is 9.10. The third kappa shape index (κ3) is 2.56. The summed E-state index contributed by atoms with van der Waals surface area (Å²) < 4.78 is 0.844. The van der Waals surface area contributed by atoms with Gasteiger partial charge in [-0.1, -0.05) is 0 Å². The van der Waals surface area contributed by atoms with Gasteiger partial charge in [0.05, 0.1) is 6.04 Å². The molecule has 1 aliphatic carbocycles. The number of hydrogen-bond acceptors (Lipinski definition) is 2. The average molecular weight is 336 g/mol. The van der Waals surface area contributed by atoms with E-state index in [0.717, 1.165) is 35.0 Å². The third-order valence-electron chi connectivity index (χ3n) is 3.53.